The topological polar surface area (TPSA) is 86.7 Å². The summed E-state index contributed by atoms with van der Waals surface area (Å²) < 4.78 is 74.7. The van der Waals surface area contributed by atoms with Crippen LogP contribution in [0.1, 0.15) is 45.8 Å². The van der Waals surface area contributed by atoms with E-state index in [2.05, 4.69) is 20.8 Å². The zero-order chi connectivity index (χ0) is 25.5. The molecule has 0 aromatic carbocycles. The second-order valence-corrected chi connectivity index (χ2v) is 7.17. The monoisotopic (exact) mass is 487 g/mol. The van der Waals surface area contributed by atoms with Gasteiger partial charge in [0.1, 0.15) is 11.4 Å². The van der Waals surface area contributed by atoms with Crippen LogP contribution in [0.5, 0.6) is 0 Å². The summed E-state index contributed by atoms with van der Waals surface area (Å²) in [5.41, 5.74) is 5.93. The summed E-state index contributed by atoms with van der Waals surface area (Å²) in [7, 11) is 2.78. The summed E-state index contributed by atoms with van der Waals surface area (Å²) in [4.78, 5) is 17.8. The van der Waals surface area contributed by atoms with Gasteiger partial charge < -0.3 is 5.73 Å². The third-order valence-corrected chi connectivity index (χ3v) is 4.90. The molecule has 4 rings (SSSR count). The SMILES string of the molecule is CN.Cn1nc(C(F)(F)F)cc1C=O.FC(F)(F)c1cc(-c2cc3c(cn2)CCCC3)ccn1. The van der Waals surface area contributed by atoms with Crippen LogP contribution in [0.15, 0.2) is 36.7 Å². The maximum absolute atomic E-state index is 12.7. The smallest absolute Gasteiger partial charge is 0.333 e. The lowest BCUT2D eigenvalue weighted by molar-refractivity contribution is -0.142. The third-order valence-electron chi connectivity index (χ3n) is 4.90. The first-order valence-electron chi connectivity index (χ1n) is 10.1. The normalized spacial score (nSPS) is 13.1. The maximum atomic E-state index is 12.7. The van der Waals surface area contributed by atoms with Gasteiger partial charge in [0, 0.05) is 25.0 Å². The van der Waals surface area contributed by atoms with E-state index in [9.17, 15) is 31.1 Å². The van der Waals surface area contributed by atoms with E-state index in [1.165, 1.54) is 31.4 Å². The van der Waals surface area contributed by atoms with E-state index >= 15 is 0 Å². The molecule has 3 aromatic heterocycles. The molecule has 1 aliphatic rings. The van der Waals surface area contributed by atoms with Gasteiger partial charge in [0.05, 0.1) is 5.69 Å². The summed E-state index contributed by atoms with van der Waals surface area (Å²) in [5, 5.41) is 3.11. The molecule has 0 aliphatic heterocycles. The van der Waals surface area contributed by atoms with Crippen LogP contribution in [0.3, 0.4) is 0 Å². The minimum atomic E-state index is -4.49. The largest absolute Gasteiger partial charge is 0.435 e. The molecule has 3 heterocycles. The predicted molar refractivity (Wildman–Crippen MR) is 113 cm³/mol. The molecule has 0 amide bonds. The highest BCUT2D eigenvalue weighted by Crippen LogP contribution is 2.31. The molecule has 3 aromatic rings. The van der Waals surface area contributed by atoms with Crippen molar-refractivity contribution in [1.29, 1.82) is 0 Å². The van der Waals surface area contributed by atoms with Crippen molar-refractivity contribution in [3.05, 3.63) is 64.9 Å². The second-order valence-electron chi connectivity index (χ2n) is 7.17. The Kier molecular flexibility index (Phi) is 8.91. The fraction of sp³-hybridized carbons (Fsp3) is 0.364. The second kappa shape index (κ2) is 11.2. The van der Waals surface area contributed by atoms with Gasteiger partial charge >= 0.3 is 12.4 Å². The highest BCUT2D eigenvalue weighted by atomic mass is 19.4. The van der Waals surface area contributed by atoms with Crippen LogP contribution in [0, 0.1) is 0 Å². The average molecular weight is 487 g/mol. The van der Waals surface area contributed by atoms with Crippen molar-refractivity contribution in [3.63, 3.8) is 0 Å². The lowest BCUT2D eigenvalue weighted by Gasteiger charge is -2.16. The molecule has 6 nitrogen and oxygen atoms in total. The van der Waals surface area contributed by atoms with Crippen LogP contribution in [0.4, 0.5) is 26.3 Å². The van der Waals surface area contributed by atoms with Gasteiger partial charge in [0.25, 0.3) is 0 Å². The van der Waals surface area contributed by atoms with Crippen molar-refractivity contribution < 1.29 is 31.1 Å². The number of rotatable bonds is 2. The summed E-state index contributed by atoms with van der Waals surface area (Å²) >= 11 is 0. The van der Waals surface area contributed by atoms with Crippen molar-refractivity contribution >= 4 is 6.29 Å². The number of aromatic nitrogens is 4. The Bertz CT molecular complexity index is 1110. The van der Waals surface area contributed by atoms with Crippen LogP contribution < -0.4 is 5.73 Å². The van der Waals surface area contributed by atoms with Crippen LogP contribution in [-0.4, -0.2) is 33.1 Å². The van der Waals surface area contributed by atoms with E-state index in [4.69, 9.17) is 0 Å². The quantitative estimate of drug-likeness (QED) is 0.412. The zero-order valence-corrected chi connectivity index (χ0v) is 18.4. The number of aryl methyl sites for hydroxylation is 3. The Morgan fingerprint density at radius 3 is 2.06 bits per heavy atom. The number of carbonyl (C=O) groups excluding carboxylic acids is 1. The lowest BCUT2D eigenvalue weighted by atomic mass is 9.92. The Balaban J connectivity index is 0.000000251. The number of aldehydes is 1. The van der Waals surface area contributed by atoms with Gasteiger partial charge in [-0.25, -0.2) is 0 Å². The summed E-state index contributed by atoms with van der Waals surface area (Å²) in [6.45, 7) is 0. The number of halogens is 6. The van der Waals surface area contributed by atoms with Crippen molar-refractivity contribution in [3.8, 4) is 11.3 Å². The Hall–Kier alpha value is -3.28. The molecule has 0 spiro atoms. The fourth-order valence-corrected chi connectivity index (χ4v) is 3.25. The maximum Gasteiger partial charge on any atom is 0.435 e. The Morgan fingerprint density at radius 1 is 0.912 bits per heavy atom. The molecular formula is C22H23F6N5O. The van der Waals surface area contributed by atoms with E-state index in [-0.39, 0.29) is 5.69 Å². The first-order valence-corrected chi connectivity index (χ1v) is 10.1. The number of hydrogen-bond acceptors (Lipinski definition) is 5. The fourth-order valence-electron chi connectivity index (χ4n) is 3.25. The number of hydrogen-bond donors (Lipinski definition) is 1. The molecule has 184 valence electrons. The third kappa shape index (κ3) is 6.86. The highest BCUT2D eigenvalue weighted by molar-refractivity contribution is 5.72. The van der Waals surface area contributed by atoms with Gasteiger partial charge in [0.15, 0.2) is 12.0 Å². The molecule has 0 saturated heterocycles. The van der Waals surface area contributed by atoms with Gasteiger partial charge in [-0.15, -0.1) is 0 Å². The van der Waals surface area contributed by atoms with Gasteiger partial charge in [-0.2, -0.15) is 31.4 Å². The van der Waals surface area contributed by atoms with Gasteiger partial charge in [-0.3, -0.25) is 19.4 Å². The van der Waals surface area contributed by atoms with E-state index in [1.807, 2.05) is 6.07 Å². The van der Waals surface area contributed by atoms with E-state index in [1.54, 1.807) is 12.3 Å². The minimum absolute atomic E-state index is 0.0951. The van der Waals surface area contributed by atoms with Crippen molar-refractivity contribution in [1.82, 2.24) is 19.7 Å². The molecule has 1 aliphatic carbocycles. The molecule has 0 atom stereocenters. The zero-order valence-electron chi connectivity index (χ0n) is 18.4. The van der Waals surface area contributed by atoms with E-state index in [0.29, 0.717) is 23.6 Å². The number of carbonyl (C=O) groups is 1. The molecule has 0 radical (unpaired) electrons. The molecule has 2 N–H and O–H groups in total. The van der Waals surface area contributed by atoms with Gasteiger partial charge in [0.2, 0.25) is 0 Å². The van der Waals surface area contributed by atoms with Gasteiger partial charge in [-0.1, -0.05) is 0 Å². The summed E-state index contributed by atoms with van der Waals surface area (Å²) in [6, 6.07) is 5.22. The predicted octanol–water partition coefficient (Wildman–Crippen LogP) is 4.87. The van der Waals surface area contributed by atoms with Gasteiger partial charge in [-0.05, 0) is 68.1 Å². The Morgan fingerprint density at radius 2 is 1.53 bits per heavy atom. The van der Waals surface area contributed by atoms with Crippen molar-refractivity contribution in [2.75, 3.05) is 7.05 Å². The molecule has 0 fully saturated rings. The molecule has 34 heavy (non-hydrogen) atoms. The van der Waals surface area contributed by atoms with E-state index in [0.717, 1.165) is 36.4 Å². The number of alkyl halides is 6. The molecular weight excluding hydrogens is 464 g/mol. The van der Waals surface area contributed by atoms with Crippen molar-refractivity contribution in [2.24, 2.45) is 12.8 Å². The Labute approximate surface area is 191 Å². The molecule has 0 unspecified atom stereocenters. The van der Waals surface area contributed by atoms with Crippen LogP contribution in [0.25, 0.3) is 11.3 Å². The van der Waals surface area contributed by atoms with Crippen LogP contribution in [0.2, 0.25) is 0 Å². The number of pyridine rings is 2. The summed E-state index contributed by atoms with van der Waals surface area (Å²) in [5.74, 6) is 0. The number of nitrogens with two attached hydrogens (primary N) is 1. The number of fused-ring (bicyclic) bond motifs is 1. The lowest BCUT2D eigenvalue weighted by Crippen LogP contribution is -2.08. The van der Waals surface area contributed by atoms with Crippen LogP contribution >= 0.6 is 0 Å². The van der Waals surface area contributed by atoms with Crippen molar-refractivity contribution in [2.45, 2.75) is 38.0 Å². The average Bonchev–Trinajstić information content (AvgIpc) is 3.21. The highest BCUT2D eigenvalue weighted by Gasteiger charge is 2.34. The first kappa shape index (κ1) is 27.0. The van der Waals surface area contributed by atoms with E-state index < -0.39 is 23.7 Å². The molecule has 0 saturated carbocycles. The molecule has 0 bridgehead atoms. The number of nitrogens with zero attached hydrogens (tertiary/aromatic N) is 4. The molecule has 12 heteroatoms. The standard InChI is InChI=1S/C15H13F3N2.C6H5F3N2O.CH5N/c16-15(17,18)14-8-11(5-6-19-14)13-7-10-3-1-2-4-12(10)9-20-13;1-11-4(3-12)2-5(10-11)6(7,8)9;1-2/h5-9H,1-4H2;2-3H,1H3;2H2,1H3. The first-order chi connectivity index (χ1) is 16.0. The summed E-state index contributed by atoms with van der Waals surface area (Å²) in [6.07, 6.45) is -1.36. The minimum Gasteiger partial charge on any atom is -0.333 e. The van der Waals surface area contributed by atoms with Crippen LogP contribution in [-0.2, 0) is 32.2 Å².